The van der Waals surface area contributed by atoms with Crippen LogP contribution in [0, 0.1) is 6.92 Å². The number of esters is 1. The van der Waals surface area contributed by atoms with Gasteiger partial charge in [-0.2, -0.15) is 0 Å². The first-order valence-electron chi connectivity index (χ1n) is 9.49. The molecule has 3 aromatic carbocycles. The van der Waals surface area contributed by atoms with E-state index in [0.29, 0.717) is 35.0 Å². The van der Waals surface area contributed by atoms with Crippen LogP contribution in [0.25, 0.3) is 6.08 Å². The molecule has 0 atom stereocenters. The van der Waals surface area contributed by atoms with Crippen molar-refractivity contribution in [3.8, 4) is 11.5 Å². The number of Topliss-reactive ketones (excluding diaryl/α,β-unsaturated/α-hetero) is 1. The lowest BCUT2D eigenvalue weighted by molar-refractivity contribution is 0.0600. The molecule has 4 rings (SSSR count). The molecule has 5 nitrogen and oxygen atoms in total. The zero-order valence-electron chi connectivity index (χ0n) is 16.7. The highest BCUT2D eigenvalue weighted by Crippen LogP contribution is 2.37. The summed E-state index contributed by atoms with van der Waals surface area (Å²) in [4.78, 5) is 24.3. The Bertz CT molecular complexity index is 1130. The zero-order chi connectivity index (χ0) is 21.1. The van der Waals surface area contributed by atoms with Gasteiger partial charge >= 0.3 is 5.97 Å². The average Bonchev–Trinajstić information content (AvgIpc) is 3.08. The van der Waals surface area contributed by atoms with Gasteiger partial charge in [0, 0.05) is 6.07 Å². The number of aryl methyl sites for hydroxylation is 1. The maximum Gasteiger partial charge on any atom is 0.337 e. The van der Waals surface area contributed by atoms with Crippen molar-refractivity contribution in [1.29, 1.82) is 0 Å². The monoisotopic (exact) mass is 400 g/mol. The Morgan fingerprint density at radius 1 is 1.03 bits per heavy atom. The Hall–Kier alpha value is -3.86. The van der Waals surface area contributed by atoms with Gasteiger partial charge in [-0.25, -0.2) is 4.79 Å². The number of fused-ring (bicyclic) bond motifs is 1. The van der Waals surface area contributed by atoms with Crippen LogP contribution >= 0.6 is 0 Å². The van der Waals surface area contributed by atoms with Crippen molar-refractivity contribution in [2.24, 2.45) is 0 Å². The van der Waals surface area contributed by atoms with Crippen LogP contribution in [0.15, 0.2) is 72.5 Å². The summed E-state index contributed by atoms with van der Waals surface area (Å²) in [6.45, 7) is 2.18. The van der Waals surface area contributed by atoms with Crippen LogP contribution in [-0.4, -0.2) is 18.9 Å². The van der Waals surface area contributed by atoms with E-state index in [2.05, 4.69) is 0 Å². The minimum absolute atomic E-state index is 0.128. The van der Waals surface area contributed by atoms with Crippen molar-refractivity contribution >= 4 is 17.8 Å². The number of carbonyl (C=O) groups is 2. The smallest absolute Gasteiger partial charge is 0.337 e. The predicted octanol–water partition coefficient (Wildman–Crippen LogP) is 4.98. The first-order valence-corrected chi connectivity index (χ1v) is 9.49. The quantitative estimate of drug-likeness (QED) is 0.447. The summed E-state index contributed by atoms with van der Waals surface area (Å²) in [6, 6.07) is 20.1. The lowest BCUT2D eigenvalue weighted by Gasteiger charge is -2.09. The van der Waals surface area contributed by atoms with Gasteiger partial charge < -0.3 is 14.2 Å². The molecular formula is C25H20O5. The van der Waals surface area contributed by atoms with Gasteiger partial charge in [-0.05, 0) is 47.9 Å². The Morgan fingerprint density at radius 3 is 2.47 bits per heavy atom. The molecule has 3 aromatic rings. The molecule has 150 valence electrons. The van der Waals surface area contributed by atoms with E-state index in [1.807, 2.05) is 55.5 Å². The third-order valence-corrected chi connectivity index (χ3v) is 4.82. The van der Waals surface area contributed by atoms with E-state index in [-0.39, 0.29) is 11.8 Å². The molecule has 0 aliphatic carbocycles. The molecule has 1 heterocycles. The molecule has 1 aliphatic heterocycles. The third-order valence-electron chi connectivity index (χ3n) is 4.82. The van der Waals surface area contributed by atoms with E-state index in [1.54, 1.807) is 24.3 Å². The summed E-state index contributed by atoms with van der Waals surface area (Å²) in [5.41, 5.74) is 3.65. The molecule has 0 unspecified atom stereocenters. The summed E-state index contributed by atoms with van der Waals surface area (Å²) in [6.07, 6.45) is 1.74. The van der Waals surface area contributed by atoms with Crippen molar-refractivity contribution in [1.82, 2.24) is 0 Å². The molecule has 0 saturated heterocycles. The van der Waals surface area contributed by atoms with Crippen molar-refractivity contribution < 1.29 is 23.8 Å². The molecule has 1 aliphatic rings. The molecule has 30 heavy (non-hydrogen) atoms. The maximum absolute atomic E-state index is 12.8. The predicted molar refractivity (Wildman–Crippen MR) is 113 cm³/mol. The van der Waals surface area contributed by atoms with E-state index in [1.165, 1.54) is 7.11 Å². The highest BCUT2D eigenvalue weighted by molar-refractivity contribution is 6.15. The normalized spacial score (nSPS) is 13.7. The minimum Gasteiger partial charge on any atom is -0.489 e. The number of allylic oxidation sites excluding steroid dienone is 1. The van der Waals surface area contributed by atoms with Gasteiger partial charge in [0.25, 0.3) is 0 Å². The van der Waals surface area contributed by atoms with Gasteiger partial charge in [0.2, 0.25) is 5.78 Å². The summed E-state index contributed by atoms with van der Waals surface area (Å²) >= 11 is 0. The lowest BCUT2D eigenvalue weighted by atomic mass is 10.0. The third kappa shape index (κ3) is 3.96. The number of rotatable bonds is 5. The van der Waals surface area contributed by atoms with Gasteiger partial charge in [0.15, 0.2) is 5.76 Å². The molecule has 0 saturated carbocycles. The van der Waals surface area contributed by atoms with E-state index >= 15 is 0 Å². The Labute approximate surface area is 174 Å². The molecule has 0 radical (unpaired) electrons. The second-order valence-electron chi connectivity index (χ2n) is 6.94. The highest BCUT2D eigenvalue weighted by Gasteiger charge is 2.30. The van der Waals surface area contributed by atoms with E-state index in [4.69, 9.17) is 14.2 Å². The topological polar surface area (TPSA) is 61.8 Å². The second kappa shape index (κ2) is 8.25. The van der Waals surface area contributed by atoms with Crippen molar-refractivity contribution in [2.45, 2.75) is 13.5 Å². The fourth-order valence-electron chi connectivity index (χ4n) is 3.28. The van der Waals surface area contributed by atoms with Gasteiger partial charge in [0.05, 0.1) is 18.2 Å². The summed E-state index contributed by atoms with van der Waals surface area (Å²) in [7, 11) is 1.35. The van der Waals surface area contributed by atoms with Crippen LogP contribution in [0.1, 0.15) is 37.4 Å². The fourth-order valence-corrected chi connectivity index (χ4v) is 3.28. The SMILES string of the molecule is COC(=O)c1ccc(COc2cc(C)c3c(c2)O/C(=C\c2ccccc2)C3=O)cc1. The van der Waals surface area contributed by atoms with Crippen molar-refractivity contribution in [2.75, 3.05) is 7.11 Å². The number of ether oxygens (including phenoxy) is 3. The van der Waals surface area contributed by atoms with Gasteiger partial charge in [-0.15, -0.1) is 0 Å². The summed E-state index contributed by atoms with van der Waals surface area (Å²) in [5.74, 6) is 0.902. The van der Waals surface area contributed by atoms with Crippen LogP contribution in [0.3, 0.4) is 0 Å². The van der Waals surface area contributed by atoms with Crippen LogP contribution < -0.4 is 9.47 Å². The standard InChI is InChI=1S/C25H20O5/c1-16-12-20(29-15-18-8-10-19(11-9-18)25(27)28-2)14-21-23(16)24(26)22(30-21)13-17-6-4-3-5-7-17/h3-14H,15H2,1-2H3/b22-13-. The number of benzene rings is 3. The fraction of sp³-hybridized carbons (Fsp3) is 0.120. The number of ketones is 1. The molecular weight excluding hydrogens is 380 g/mol. The minimum atomic E-state index is -0.377. The summed E-state index contributed by atoms with van der Waals surface area (Å²) in [5, 5.41) is 0. The number of carbonyl (C=O) groups excluding carboxylic acids is 2. The number of methoxy groups -OCH3 is 1. The Balaban J connectivity index is 1.50. The van der Waals surface area contributed by atoms with Crippen LogP contribution in [-0.2, 0) is 11.3 Å². The molecule has 0 fully saturated rings. The first kappa shape index (κ1) is 19.5. The highest BCUT2D eigenvalue weighted by atomic mass is 16.5. The molecule has 5 heteroatoms. The van der Waals surface area contributed by atoms with E-state index in [9.17, 15) is 9.59 Å². The van der Waals surface area contributed by atoms with Crippen molar-refractivity contribution in [3.05, 3.63) is 100 Å². The van der Waals surface area contributed by atoms with Crippen LogP contribution in [0.4, 0.5) is 0 Å². The van der Waals surface area contributed by atoms with Gasteiger partial charge in [0.1, 0.15) is 18.1 Å². The van der Waals surface area contributed by atoms with E-state index in [0.717, 1.165) is 16.7 Å². The molecule has 0 amide bonds. The molecule has 0 aromatic heterocycles. The molecule has 0 N–H and O–H groups in total. The first-order chi connectivity index (χ1) is 14.5. The van der Waals surface area contributed by atoms with Gasteiger partial charge in [-0.3, -0.25) is 4.79 Å². The van der Waals surface area contributed by atoms with Crippen LogP contribution in [0.5, 0.6) is 11.5 Å². The summed E-state index contributed by atoms with van der Waals surface area (Å²) < 4.78 is 16.4. The largest absolute Gasteiger partial charge is 0.489 e. The lowest BCUT2D eigenvalue weighted by Crippen LogP contribution is -2.02. The van der Waals surface area contributed by atoms with E-state index < -0.39 is 0 Å². The zero-order valence-corrected chi connectivity index (χ0v) is 16.7. The number of hydrogen-bond donors (Lipinski definition) is 0. The van der Waals surface area contributed by atoms with Crippen LogP contribution in [0.2, 0.25) is 0 Å². The van der Waals surface area contributed by atoms with Crippen molar-refractivity contribution in [3.63, 3.8) is 0 Å². The van der Waals surface area contributed by atoms with Gasteiger partial charge in [-0.1, -0.05) is 42.5 Å². The Morgan fingerprint density at radius 2 is 1.77 bits per heavy atom. The molecule has 0 spiro atoms. The number of hydrogen-bond acceptors (Lipinski definition) is 5. The Kier molecular flexibility index (Phi) is 5.35. The average molecular weight is 400 g/mol. The molecule has 0 bridgehead atoms. The second-order valence-corrected chi connectivity index (χ2v) is 6.94. The maximum atomic E-state index is 12.8.